The van der Waals surface area contributed by atoms with Gasteiger partial charge in [-0.25, -0.2) is 4.98 Å². The zero-order valence-electron chi connectivity index (χ0n) is 15.0. The number of benzene rings is 1. The zero-order valence-corrected chi connectivity index (χ0v) is 15.0. The quantitative estimate of drug-likeness (QED) is 0.650. The zero-order chi connectivity index (χ0) is 18.5. The fourth-order valence-corrected chi connectivity index (χ4v) is 3.25. The Hall–Kier alpha value is -2.43. The number of hydrogen-bond acceptors (Lipinski definition) is 3. The van der Waals surface area contributed by atoms with Crippen molar-refractivity contribution in [2.24, 2.45) is 0 Å². The van der Waals surface area contributed by atoms with E-state index >= 15 is 0 Å². The summed E-state index contributed by atoms with van der Waals surface area (Å²) in [5, 5.41) is 16.1. The molecule has 0 saturated heterocycles. The van der Waals surface area contributed by atoms with E-state index in [0.29, 0.717) is 5.46 Å². The highest BCUT2D eigenvalue weighted by Crippen LogP contribution is 2.21. The predicted octanol–water partition coefficient (Wildman–Crippen LogP) is 1.26. The van der Waals surface area contributed by atoms with Crippen molar-refractivity contribution >= 4 is 25.5 Å². The van der Waals surface area contributed by atoms with E-state index < -0.39 is 6.10 Å². The Morgan fingerprint density at radius 3 is 2.73 bits per heavy atom. The number of aliphatic hydroxyl groups is 1. The minimum atomic E-state index is -0.662. The molecule has 0 spiro atoms. The monoisotopic (exact) mass is 342 g/mol. The number of rotatable bonds is 4. The first-order chi connectivity index (χ1) is 12.6. The van der Waals surface area contributed by atoms with Crippen LogP contribution in [0.25, 0.3) is 23.4 Å². The molecule has 3 rings (SSSR count). The summed E-state index contributed by atoms with van der Waals surface area (Å²) in [5.74, 6) is 0. The Labute approximate surface area is 155 Å². The van der Waals surface area contributed by atoms with Crippen LogP contribution in [0.1, 0.15) is 25.0 Å². The van der Waals surface area contributed by atoms with E-state index in [4.69, 9.17) is 12.8 Å². The van der Waals surface area contributed by atoms with Crippen LogP contribution in [0, 0.1) is 0 Å². The van der Waals surface area contributed by atoms with Crippen LogP contribution in [0.3, 0.4) is 0 Å². The second kappa shape index (κ2) is 8.30. The van der Waals surface area contributed by atoms with E-state index in [-0.39, 0.29) is 6.04 Å². The van der Waals surface area contributed by atoms with Crippen LogP contribution < -0.4 is 21.3 Å². The smallest absolute Gasteiger partial charge is 0.113 e. The lowest BCUT2D eigenvalue weighted by atomic mass is 9.93. The Morgan fingerprint density at radius 1 is 1.35 bits per heavy atom. The minimum Gasteiger partial charge on any atom is -0.386 e. The van der Waals surface area contributed by atoms with Crippen LogP contribution in [0.15, 0.2) is 55.1 Å². The maximum atomic E-state index is 11.0. The molecular formula is C22H23BN2O. The standard InChI is InChI=1S/C22H23BN2O/c1-3-7-19-17(4-2)18(22(26)20-8-5-6-13-24-20)14-21(25-19)15-9-11-16(23)12-10-15/h3-5,7-12,14,20,22,24,26H,1,6,13H2,2H3/b17-4-,19-7+/t20-,22-/m1/s1. The maximum absolute atomic E-state index is 11.0. The normalized spacial score (nSPS) is 19.5. The number of hydrogen-bond donors (Lipinski definition) is 2. The van der Waals surface area contributed by atoms with Crippen LogP contribution in [-0.4, -0.2) is 30.5 Å². The summed E-state index contributed by atoms with van der Waals surface area (Å²) in [4.78, 5) is 4.77. The topological polar surface area (TPSA) is 45.1 Å². The molecule has 2 atom stereocenters. The molecule has 0 bridgehead atoms. The van der Waals surface area contributed by atoms with Gasteiger partial charge < -0.3 is 10.4 Å². The number of pyridine rings is 1. The number of nitrogens with one attached hydrogen (secondary N) is 1. The third-order valence-corrected chi connectivity index (χ3v) is 4.58. The van der Waals surface area contributed by atoms with Crippen molar-refractivity contribution in [3.05, 3.63) is 71.3 Å². The van der Waals surface area contributed by atoms with Crippen LogP contribution in [-0.2, 0) is 0 Å². The third-order valence-electron chi connectivity index (χ3n) is 4.58. The Kier molecular flexibility index (Phi) is 5.87. The SMILES string of the molecule is [B]c1ccc(-c2cc([C@@H](O)[C@H]3C=CCCN3)c(=C/C)/c(=C\C=C)n2)cc1. The number of nitrogens with zero attached hydrogens (tertiary/aromatic N) is 1. The first kappa shape index (κ1) is 18.4. The molecule has 26 heavy (non-hydrogen) atoms. The van der Waals surface area contributed by atoms with Gasteiger partial charge in [0.15, 0.2) is 0 Å². The third kappa shape index (κ3) is 3.87. The second-order valence-electron chi connectivity index (χ2n) is 6.35. The summed E-state index contributed by atoms with van der Waals surface area (Å²) in [5.41, 5.74) is 3.33. The molecule has 0 aliphatic carbocycles. The molecule has 1 aromatic heterocycles. The van der Waals surface area contributed by atoms with Gasteiger partial charge in [0.1, 0.15) is 7.85 Å². The second-order valence-corrected chi connectivity index (χ2v) is 6.35. The van der Waals surface area contributed by atoms with Gasteiger partial charge in [-0.15, -0.1) is 0 Å². The van der Waals surface area contributed by atoms with E-state index in [1.807, 2.05) is 55.5 Å². The molecule has 1 aromatic carbocycles. The predicted molar refractivity (Wildman–Crippen MR) is 110 cm³/mol. The van der Waals surface area contributed by atoms with Crippen LogP contribution in [0.5, 0.6) is 0 Å². The van der Waals surface area contributed by atoms with Gasteiger partial charge in [0.25, 0.3) is 0 Å². The van der Waals surface area contributed by atoms with Gasteiger partial charge in [-0.1, -0.05) is 60.6 Å². The molecule has 130 valence electrons. The van der Waals surface area contributed by atoms with Crippen molar-refractivity contribution in [1.82, 2.24) is 10.3 Å². The maximum Gasteiger partial charge on any atom is 0.113 e. The first-order valence-electron chi connectivity index (χ1n) is 8.88. The summed E-state index contributed by atoms with van der Waals surface area (Å²) in [6.07, 6.45) is 10.0. The summed E-state index contributed by atoms with van der Waals surface area (Å²) < 4.78 is 0. The number of allylic oxidation sites excluding steroid dienone is 1. The highest BCUT2D eigenvalue weighted by atomic mass is 16.3. The fraction of sp³-hybridized carbons (Fsp3) is 0.227. The van der Waals surface area contributed by atoms with Crippen LogP contribution in [0.2, 0.25) is 0 Å². The van der Waals surface area contributed by atoms with E-state index in [1.54, 1.807) is 6.08 Å². The van der Waals surface area contributed by atoms with Crippen molar-refractivity contribution in [2.75, 3.05) is 6.54 Å². The minimum absolute atomic E-state index is 0.110. The van der Waals surface area contributed by atoms with Crippen LogP contribution in [0.4, 0.5) is 0 Å². The first-order valence-corrected chi connectivity index (χ1v) is 8.88. The number of aromatic nitrogens is 1. The average Bonchev–Trinajstić information content (AvgIpc) is 2.68. The largest absolute Gasteiger partial charge is 0.386 e. The highest BCUT2D eigenvalue weighted by Gasteiger charge is 2.21. The molecule has 0 amide bonds. The van der Waals surface area contributed by atoms with Crippen LogP contribution >= 0.6 is 0 Å². The Balaban J connectivity index is 2.19. The summed E-state index contributed by atoms with van der Waals surface area (Å²) in [6, 6.07) is 9.46. The van der Waals surface area contributed by atoms with Gasteiger partial charge in [-0.05, 0) is 37.6 Å². The van der Waals surface area contributed by atoms with Gasteiger partial charge >= 0.3 is 0 Å². The lowest BCUT2D eigenvalue weighted by Crippen LogP contribution is -2.41. The summed E-state index contributed by atoms with van der Waals surface area (Å²) in [6.45, 7) is 6.62. The number of aliphatic hydroxyl groups excluding tert-OH is 1. The fourth-order valence-electron chi connectivity index (χ4n) is 3.25. The molecule has 2 aromatic rings. The Bertz CT molecular complexity index is 932. The van der Waals surface area contributed by atoms with E-state index in [1.165, 1.54) is 0 Å². The molecule has 0 fully saturated rings. The molecule has 4 heteroatoms. The van der Waals surface area contributed by atoms with Crippen molar-refractivity contribution in [2.45, 2.75) is 25.5 Å². The summed E-state index contributed by atoms with van der Waals surface area (Å²) in [7, 11) is 5.80. The van der Waals surface area contributed by atoms with E-state index in [0.717, 1.165) is 40.4 Å². The van der Waals surface area contributed by atoms with Crippen molar-refractivity contribution in [3.63, 3.8) is 0 Å². The molecule has 1 aliphatic heterocycles. The molecule has 2 N–H and O–H groups in total. The van der Waals surface area contributed by atoms with Gasteiger partial charge in [0, 0.05) is 10.8 Å². The average molecular weight is 342 g/mol. The molecule has 0 saturated carbocycles. The molecule has 2 heterocycles. The molecule has 3 nitrogen and oxygen atoms in total. The van der Waals surface area contributed by atoms with Gasteiger partial charge in [-0.2, -0.15) is 0 Å². The lowest BCUT2D eigenvalue weighted by Gasteiger charge is -2.25. The molecular weight excluding hydrogens is 319 g/mol. The highest BCUT2D eigenvalue weighted by molar-refractivity contribution is 6.32. The Morgan fingerprint density at radius 2 is 2.12 bits per heavy atom. The molecule has 1 aliphatic rings. The van der Waals surface area contributed by atoms with Gasteiger partial charge in [0.2, 0.25) is 0 Å². The van der Waals surface area contributed by atoms with E-state index in [9.17, 15) is 5.11 Å². The molecule has 2 radical (unpaired) electrons. The van der Waals surface area contributed by atoms with Crippen molar-refractivity contribution in [3.8, 4) is 11.3 Å². The lowest BCUT2D eigenvalue weighted by molar-refractivity contribution is 0.145. The van der Waals surface area contributed by atoms with Gasteiger partial charge in [-0.3, -0.25) is 0 Å². The van der Waals surface area contributed by atoms with Gasteiger partial charge in [0.05, 0.1) is 23.2 Å². The summed E-state index contributed by atoms with van der Waals surface area (Å²) >= 11 is 0. The van der Waals surface area contributed by atoms with Crippen molar-refractivity contribution < 1.29 is 5.11 Å². The van der Waals surface area contributed by atoms with E-state index in [2.05, 4.69) is 18.0 Å². The van der Waals surface area contributed by atoms with Crippen molar-refractivity contribution in [1.29, 1.82) is 0 Å². The molecule has 0 unspecified atom stereocenters.